The van der Waals surface area contributed by atoms with Gasteiger partial charge in [-0.1, -0.05) is 53.5 Å². The standard InChI is InChI=1S/C29H45NO9/c1-8-11-18(4)26(31)38-24-14-13-22(16-25(24)39-27(32)19(5)12-9-2)15-23(30)28(33)35-17-21(7)37-29(34)36-20(6)10-3/h13-14,16,18-21,23H,8-12,15,17,30H2,1-7H3/t18?,19?,20?,21-,23-/m0/s1. The van der Waals surface area contributed by atoms with Crippen molar-refractivity contribution in [2.24, 2.45) is 17.6 Å². The van der Waals surface area contributed by atoms with Crippen molar-refractivity contribution < 1.29 is 42.9 Å². The molecule has 0 fully saturated rings. The van der Waals surface area contributed by atoms with Crippen molar-refractivity contribution in [3.05, 3.63) is 23.8 Å². The summed E-state index contributed by atoms with van der Waals surface area (Å²) in [6.07, 6.45) is 1.82. The predicted molar refractivity (Wildman–Crippen MR) is 145 cm³/mol. The number of ether oxygens (including phenoxy) is 5. The van der Waals surface area contributed by atoms with E-state index in [1.54, 1.807) is 33.8 Å². The normalized spacial score (nSPS) is 14.8. The first-order chi connectivity index (χ1) is 18.4. The molecule has 0 aliphatic heterocycles. The van der Waals surface area contributed by atoms with Gasteiger partial charge in [-0.2, -0.15) is 0 Å². The number of hydrogen-bond acceptors (Lipinski definition) is 10. The summed E-state index contributed by atoms with van der Waals surface area (Å²) in [7, 11) is 0. The molecule has 0 spiro atoms. The molecule has 2 N–H and O–H groups in total. The van der Waals surface area contributed by atoms with Crippen molar-refractivity contribution in [2.45, 2.75) is 105 Å². The average Bonchev–Trinajstić information content (AvgIpc) is 2.88. The number of benzene rings is 1. The Morgan fingerprint density at radius 1 is 0.769 bits per heavy atom. The fourth-order valence-electron chi connectivity index (χ4n) is 3.48. The second-order valence-electron chi connectivity index (χ2n) is 9.96. The van der Waals surface area contributed by atoms with Gasteiger partial charge >= 0.3 is 24.1 Å². The minimum Gasteiger partial charge on any atom is -0.461 e. The molecular formula is C29H45NO9. The van der Waals surface area contributed by atoms with E-state index in [4.69, 9.17) is 29.4 Å². The second-order valence-corrected chi connectivity index (χ2v) is 9.96. The highest BCUT2D eigenvalue weighted by atomic mass is 16.7. The van der Waals surface area contributed by atoms with Crippen molar-refractivity contribution in [1.29, 1.82) is 0 Å². The first kappa shape index (κ1) is 33.9. The monoisotopic (exact) mass is 551 g/mol. The highest BCUT2D eigenvalue weighted by molar-refractivity contribution is 5.79. The summed E-state index contributed by atoms with van der Waals surface area (Å²) in [4.78, 5) is 49.3. The Kier molecular flexibility index (Phi) is 15.2. The van der Waals surface area contributed by atoms with Crippen LogP contribution in [0.3, 0.4) is 0 Å². The van der Waals surface area contributed by atoms with Gasteiger partial charge in [0.15, 0.2) is 11.5 Å². The molecule has 1 aromatic carbocycles. The van der Waals surface area contributed by atoms with Crippen LogP contribution < -0.4 is 15.2 Å². The van der Waals surface area contributed by atoms with E-state index in [-0.39, 0.29) is 42.5 Å². The summed E-state index contributed by atoms with van der Waals surface area (Å²) in [5.74, 6) is -2.02. The Morgan fingerprint density at radius 3 is 1.85 bits per heavy atom. The van der Waals surface area contributed by atoms with Crippen molar-refractivity contribution in [3.63, 3.8) is 0 Å². The third-order valence-electron chi connectivity index (χ3n) is 6.07. The summed E-state index contributed by atoms with van der Waals surface area (Å²) < 4.78 is 26.4. The number of carbonyl (C=O) groups excluding carboxylic acids is 4. The van der Waals surface area contributed by atoms with E-state index in [9.17, 15) is 19.2 Å². The van der Waals surface area contributed by atoms with Gasteiger partial charge < -0.3 is 29.4 Å². The number of rotatable bonds is 16. The van der Waals surface area contributed by atoms with Gasteiger partial charge in [-0.15, -0.1) is 0 Å². The molecule has 0 saturated carbocycles. The van der Waals surface area contributed by atoms with Crippen LogP contribution in [-0.2, 0) is 35.0 Å². The Labute approximate surface area is 231 Å². The van der Waals surface area contributed by atoms with Crippen molar-refractivity contribution >= 4 is 24.1 Å². The lowest BCUT2D eigenvalue weighted by Gasteiger charge is -2.18. The zero-order valence-corrected chi connectivity index (χ0v) is 24.3. The van der Waals surface area contributed by atoms with Crippen LogP contribution in [0.15, 0.2) is 18.2 Å². The zero-order chi connectivity index (χ0) is 29.5. The maximum absolute atomic E-state index is 12.6. The smallest absolute Gasteiger partial charge is 0.461 e. The largest absolute Gasteiger partial charge is 0.508 e. The van der Waals surface area contributed by atoms with Gasteiger partial charge in [0.25, 0.3) is 0 Å². The first-order valence-electron chi connectivity index (χ1n) is 13.8. The molecule has 0 saturated heterocycles. The van der Waals surface area contributed by atoms with Crippen LogP contribution in [0.2, 0.25) is 0 Å². The number of hydrogen-bond donors (Lipinski definition) is 1. The molecule has 0 bridgehead atoms. The van der Waals surface area contributed by atoms with Crippen LogP contribution in [-0.4, -0.2) is 48.9 Å². The Balaban J connectivity index is 2.89. The van der Waals surface area contributed by atoms with Crippen molar-refractivity contribution in [2.75, 3.05) is 6.61 Å². The van der Waals surface area contributed by atoms with Crippen LogP contribution in [0.25, 0.3) is 0 Å². The summed E-state index contributed by atoms with van der Waals surface area (Å²) >= 11 is 0. The lowest BCUT2D eigenvalue weighted by molar-refractivity contribution is -0.148. The topological polar surface area (TPSA) is 140 Å². The van der Waals surface area contributed by atoms with Gasteiger partial charge in [0, 0.05) is 0 Å². The van der Waals surface area contributed by atoms with Gasteiger partial charge in [-0.05, 0) is 57.2 Å². The van der Waals surface area contributed by atoms with E-state index in [1.165, 1.54) is 12.1 Å². The summed E-state index contributed by atoms with van der Waals surface area (Å²) in [5, 5.41) is 0. The molecule has 0 radical (unpaired) electrons. The van der Waals surface area contributed by atoms with Gasteiger partial charge in [0.2, 0.25) is 0 Å². The van der Waals surface area contributed by atoms with Crippen molar-refractivity contribution in [1.82, 2.24) is 0 Å². The molecule has 3 unspecified atom stereocenters. The minimum absolute atomic E-state index is 0.0691. The molecular weight excluding hydrogens is 506 g/mol. The lowest BCUT2D eigenvalue weighted by atomic mass is 10.0. The molecule has 0 aliphatic carbocycles. The molecule has 0 amide bonds. The van der Waals surface area contributed by atoms with Crippen LogP contribution in [0, 0.1) is 11.8 Å². The maximum Gasteiger partial charge on any atom is 0.508 e. The molecule has 1 aromatic rings. The molecule has 39 heavy (non-hydrogen) atoms. The molecule has 0 aliphatic rings. The Bertz CT molecular complexity index is 949. The molecule has 220 valence electrons. The number of nitrogens with two attached hydrogens (primary N) is 1. The third kappa shape index (κ3) is 12.5. The highest BCUT2D eigenvalue weighted by Gasteiger charge is 2.23. The molecule has 10 heteroatoms. The fraction of sp³-hybridized carbons (Fsp3) is 0.655. The zero-order valence-electron chi connectivity index (χ0n) is 24.3. The minimum atomic E-state index is -1.04. The average molecular weight is 552 g/mol. The number of esters is 3. The third-order valence-corrected chi connectivity index (χ3v) is 6.07. The quantitative estimate of drug-likeness (QED) is 0.217. The molecule has 0 heterocycles. The summed E-state index contributed by atoms with van der Waals surface area (Å²) in [6, 6.07) is 3.66. The summed E-state index contributed by atoms with van der Waals surface area (Å²) in [6.45, 7) is 12.5. The summed E-state index contributed by atoms with van der Waals surface area (Å²) in [5.41, 5.74) is 6.63. The maximum atomic E-state index is 12.6. The molecule has 10 nitrogen and oxygen atoms in total. The van der Waals surface area contributed by atoms with E-state index < -0.39 is 36.2 Å². The van der Waals surface area contributed by atoms with E-state index >= 15 is 0 Å². The van der Waals surface area contributed by atoms with E-state index in [2.05, 4.69) is 0 Å². The fourth-order valence-corrected chi connectivity index (χ4v) is 3.48. The SMILES string of the molecule is CCCC(C)C(=O)Oc1ccc(C[C@H](N)C(=O)OC[C@H](C)OC(=O)OC(C)CC)cc1OC(=O)C(C)CCC. The van der Waals surface area contributed by atoms with Gasteiger partial charge in [-0.3, -0.25) is 14.4 Å². The van der Waals surface area contributed by atoms with E-state index in [1.807, 2.05) is 20.8 Å². The van der Waals surface area contributed by atoms with Crippen LogP contribution in [0.5, 0.6) is 11.5 Å². The van der Waals surface area contributed by atoms with Crippen LogP contribution >= 0.6 is 0 Å². The van der Waals surface area contributed by atoms with E-state index in [0.717, 1.165) is 12.8 Å². The number of carbonyl (C=O) groups is 4. The molecule has 5 atom stereocenters. The van der Waals surface area contributed by atoms with Gasteiger partial charge in [0.05, 0.1) is 11.8 Å². The second kappa shape index (κ2) is 17.4. The van der Waals surface area contributed by atoms with Gasteiger partial charge in [-0.25, -0.2) is 4.79 Å². The van der Waals surface area contributed by atoms with Gasteiger partial charge in [0.1, 0.15) is 24.9 Å². The first-order valence-corrected chi connectivity index (χ1v) is 13.8. The van der Waals surface area contributed by atoms with Crippen molar-refractivity contribution in [3.8, 4) is 11.5 Å². The van der Waals surface area contributed by atoms with Crippen LogP contribution in [0.4, 0.5) is 4.79 Å². The van der Waals surface area contributed by atoms with E-state index in [0.29, 0.717) is 24.8 Å². The Hall–Kier alpha value is -3.14. The molecule has 0 aromatic heterocycles. The van der Waals surface area contributed by atoms with Crippen LogP contribution in [0.1, 0.15) is 86.1 Å². The predicted octanol–water partition coefficient (Wildman–Crippen LogP) is 5.12. The molecule has 1 rings (SSSR count). The Morgan fingerprint density at radius 2 is 1.31 bits per heavy atom. The highest BCUT2D eigenvalue weighted by Crippen LogP contribution is 2.31. The lowest BCUT2D eigenvalue weighted by Crippen LogP contribution is -2.36.